The van der Waals surface area contributed by atoms with Crippen molar-refractivity contribution in [3.8, 4) is 0 Å². The predicted molar refractivity (Wildman–Crippen MR) is 89.0 cm³/mol. The minimum absolute atomic E-state index is 0.261. The molecule has 1 heterocycles. The van der Waals surface area contributed by atoms with E-state index < -0.39 is 5.91 Å². The summed E-state index contributed by atoms with van der Waals surface area (Å²) in [6, 6.07) is 7.06. The number of hydrogen-bond acceptors (Lipinski definition) is 3. The van der Waals surface area contributed by atoms with Crippen molar-refractivity contribution in [1.29, 1.82) is 0 Å². The smallest absolute Gasteiger partial charge is 0.256 e. The maximum atomic E-state index is 12.3. The van der Waals surface area contributed by atoms with Gasteiger partial charge < -0.3 is 11.1 Å². The summed E-state index contributed by atoms with van der Waals surface area (Å²) in [6.07, 6.45) is 0.702. The lowest BCUT2D eigenvalue weighted by atomic mass is 10.1. The lowest BCUT2D eigenvalue weighted by molar-refractivity contribution is 0.100. The van der Waals surface area contributed by atoms with Crippen molar-refractivity contribution < 1.29 is 9.59 Å². The molecule has 4 nitrogen and oxygen atoms in total. The van der Waals surface area contributed by atoms with E-state index in [1.807, 2.05) is 19.9 Å². The van der Waals surface area contributed by atoms with E-state index in [0.717, 1.165) is 14.9 Å². The van der Waals surface area contributed by atoms with Crippen LogP contribution in [0.15, 0.2) is 28.7 Å². The molecule has 0 fully saturated rings. The van der Waals surface area contributed by atoms with E-state index in [-0.39, 0.29) is 5.91 Å². The maximum absolute atomic E-state index is 12.3. The summed E-state index contributed by atoms with van der Waals surface area (Å²) in [6.45, 7) is 3.88. The Labute approximate surface area is 135 Å². The number of aryl methyl sites for hydroxylation is 1. The SMILES string of the molecule is CCc1c(C)sc(NC(=O)c2cccc(Br)c2)c1C(N)=O. The Bertz CT molecular complexity index is 710. The van der Waals surface area contributed by atoms with Crippen molar-refractivity contribution in [3.05, 3.63) is 50.3 Å². The number of halogens is 1. The first kappa shape index (κ1) is 15.7. The molecule has 1 aromatic carbocycles. The third-order valence-electron chi connectivity index (χ3n) is 3.12. The summed E-state index contributed by atoms with van der Waals surface area (Å²) < 4.78 is 0.821. The number of anilines is 1. The molecule has 2 amide bonds. The van der Waals surface area contributed by atoms with Gasteiger partial charge in [-0.25, -0.2) is 0 Å². The molecule has 0 radical (unpaired) electrons. The van der Waals surface area contributed by atoms with E-state index >= 15 is 0 Å². The Morgan fingerprint density at radius 1 is 1.38 bits per heavy atom. The fourth-order valence-corrected chi connectivity index (χ4v) is 3.70. The monoisotopic (exact) mass is 366 g/mol. The van der Waals surface area contributed by atoms with Crippen molar-refractivity contribution in [2.45, 2.75) is 20.3 Å². The molecule has 0 atom stereocenters. The second-order valence-electron chi connectivity index (χ2n) is 4.52. The zero-order valence-electron chi connectivity index (χ0n) is 11.7. The van der Waals surface area contributed by atoms with Gasteiger partial charge >= 0.3 is 0 Å². The van der Waals surface area contributed by atoms with Crippen molar-refractivity contribution in [3.63, 3.8) is 0 Å². The van der Waals surface area contributed by atoms with Crippen LogP contribution >= 0.6 is 27.3 Å². The standard InChI is InChI=1S/C15H15BrN2O2S/c1-3-11-8(2)21-15(12(11)13(17)19)18-14(20)9-5-4-6-10(16)7-9/h4-7H,3H2,1-2H3,(H2,17,19)(H,18,20). The van der Waals surface area contributed by atoms with Gasteiger partial charge in [0.15, 0.2) is 0 Å². The highest BCUT2D eigenvalue weighted by Gasteiger charge is 2.20. The predicted octanol–water partition coefficient (Wildman–Crippen LogP) is 3.73. The number of carbonyl (C=O) groups excluding carboxylic acids is 2. The molecular formula is C15H15BrN2O2S. The first-order chi connectivity index (χ1) is 9.93. The number of benzene rings is 1. The Kier molecular flexibility index (Phi) is 4.80. The number of carbonyl (C=O) groups is 2. The molecule has 0 aliphatic carbocycles. The van der Waals surface area contributed by atoms with Crippen molar-refractivity contribution in [2.24, 2.45) is 5.73 Å². The molecule has 0 bridgehead atoms. The average molecular weight is 367 g/mol. The van der Waals surface area contributed by atoms with Crippen LogP contribution in [0.1, 0.15) is 38.1 Å². The Hall–Kier alpha value is -1.66. The molecule has 2 rings (SSSR count). The number of thiophene rings is 1. The number of nitrogens with two attached hydrogens (primary N) is 1. The summed E-state index contributed by atoms with van der Waals surface area (Å²) in [7, 11) is 0. The largest absolute Gasteiger partial charge is 0.365 e. The van der Waals surface area contributed by atoms with Gasteiger partial charge in [-0.1, -0.05) is 28.9 Å². The molecule has 1 aromatic heterocycles. The highest BCUT2D eigenvalue weighted by atomic mass is 79.9. The van der Waals surface area contributed by atoms with Crippen molar-refractivity contribution in [1.82, 2.24) is 0 Å². The fourth-order valence-electron chi connectivity index (χ4n) is 2.16. The van der Waals surface area contributed by atoms with Gasteiger partial charge in [-0.15, -0.1) is 11.3 Å². The van der Waals surface area contributed by atoms with Crippen molar-refractivity contribution in [2.75, 3.05) is 5.32 Å². The molecule has 3 N–H and O–H groups in total. The van der Waals surface area contributed by atoms with Crippen LogP contribution in [-0.4, -0.2) is 11.8 Å². The molecule has 2 aromatic rings. The third kappa shape index (κ3) is 3.33. The van der Waals surface area contributed by atoms with E-state index in [4.69, 9.17) is 5.73 Å². The number of amides is 2. The van der Waals surface area contributed by atoms with Gasteiger partial charge in [0.25, 0.3) is 11.8 Å². The number of hydrogen-bond donors (Lipinski definition) is 2. The molecule has 0 unspecified atom stereocenters. The summed E-state index contributed by atoms with van der Waals surface area (Å²) in [4.78, 5) is 24.9. The summed E-state index contributed by atoms with van der Waals surface area (Å²) >= 11 is 4.71. The second-order valence-corrected chi connectivity index (χ2v) is 6.66. The number of nitrogens with one attached hydrogen (secondary N) is 1. The van der Waals surface area contributed by atoms with Crippen LogP contribution in [0.3, 0.4) is 0 Å². The molecule has 21 heavy (non-hydrogen) atoms. The topological polar surface area (TPSA) is 72.2 Å². The van der Waals surface area contributed by atoms with Crippen LogP contribution in [0.25, 0.3) is 0 Å². The lowest BCUT2D eigenvalue weighted by Crippen LogP contribution is -2.17. The first-order valence-electron chi connectivity index (χ1n) is 6.43. The van der Waals surface area contributed by atoms with Crippen LogP contribution in [0.5, 0.6) is 0 Å². The summed E-state index contributed by atoms with van der Waals surface area (Å²) in [5.74, 6) is -0.775. The first-order valence-corrected chi connectivity index (χ1v) is 8.04. The Morgan fingerprint density at radius 3 is 2.67 bits per heavy atom. The minimum atomic E-state index is -0.513. The second kappa shape index (κ2) is 6.41. The van der Waals surface area contributed by atoms with Gasteiger partial charge in [-0.05, 0) is 37.1 Å². The van der Waals surface area contributed by atoms with E-state index in [9.17, 15) is 9.59 Å². The van der Waals surface area contributed by atoms with E-state index in [1.165, 1.54) is 11.3 Å². The molecule has 6 heteroatoms. The van der Waals surface area contributed by atoms with Crippen LogP contribution in [0, 0.1) is 6.92 Å². The maximum Gasteiger partial charge on any atom is 0.256 e. The molecule has 0 aliphatic heterocycles. The van der Waals surface area contributed by atoms with Crippen molar-refractivity contribution >= 4 is 44.1 Å². The normalized spacial score (nSPS) is 10.4. The Morgan fingerprint density at radius 2 is 2.10 bits per heavy atom. The summed E-state index contributed by atoms with van der Waals surface area (Å²) in [5.41, 5.74) is 7.29. The fraction of sp³-hybridized carbons (Fsp3) is 0.200. The van der Waals surface area contributed by atoms with Crippen LogP contribution < -0.4 is 11.1 Å². The Balaban J connectivity index is 2.36. The molecule has 0 spiro atoms. The van der Waals surface area contributed by atoms with E-state index in [0.29, 0.717) is 22.5 Å². The zero-order chi connectivity index (χ0) is 15.6. The average Bonchev–Trinajstić information content (AvgIpc) is 2.74. The molecular weight excluding hydrogens is 352 g/mol. The van der Waals surface area contributed by atoms with Gasteiger partial charge in [0.1, 0.15) is 5.00 Å². The van der Waals surface area contributed by atoms with E-state index in [1.54, 1.807) is 18.2 Å². The number of primary amides is 1. The molecule has 110 valence electrons. The molecule has 0 saturated carbocycles. The third-order valence-corrected chi connectivity index (χ3v) is 4.68. The van der Waals surface area contributed by atoms with Gasteiger partial charge in [0, 0.05) is 14.9 Å². The zero-order valence-corrected chi connectivity index (χ0v) is 14.1. The van der Waals surface area contributed by atoms with Gasteiger partial charge in [-0.2, -0.15) is 0 Å². The van der Waals surface area contributed by atoms with Gasteiger partial charge in [-0.3, -0.25) is 9.59 Å². The quantitative estimate of drug-likeness (QED) is 0.864. The summed E-state index contributed by atoms with van der Waals surface area (Å²) in [5, 5.41) is 3.30. The highest BCUT2D eigenvalue weighted by Crippen LogP contribution is 2.33. The minimum Gasteiger partial charge on any atom is -0.365 e. The number of rotatable bonds is 4. The molecule has 0 aliphatic rings. The molecule has 0 saturated heterocycles. The van der Waals surface area contributed by atoms with Crippen LogP contribution in [0.2, 0.25) is 0 Å². The van der Waals surface area contributed by atoms with E-state index in [2.05, 4.69) is 21.2 Å². The van der Waals surface area contributed by atoms with Crippen LogP contribution in [-0.2, 0) is 6.42 Å². The highest BCUT2D eigenvalue weighted by molar-refractivity contribution is 9.10. The van der Waals surface area contributed by atoms with Gasteiger partial charge in [0.05, 0.1) is 5.56 Å². The lowest BCUT2D eigenvalue weighted by Gasteiger charge is -2.06. The van der Waals surface area contributed by atoms with Crippen LogP contribution in [0.4, 0.5) is 5.00 Å². The van der Waals surface area contributed by atoms with Gasteiger partial charge in [0.2, 0.25) is 0 Å².